The minimum atomic E-state index is 0.319. The van der Waals surface area contributed by atoms with Gasteiger partial charge in [0.15, 0.2) is 0 Å². The van der Waals surface area contributed by atoms with Crippen molar-refractivity contribution < 1.29 is 4.79 Å². The van der Waals surface area contributed by atoms with E-state index in [1.54, 1.807) is 0 Å². The number of piperidine rings is 1. The van der Waals surface area contributed by atoms with Gasteiger partial charge in [-0.15, -0.1) is 0 Å². The summed E-state index contributed by atoms with van der Waals surface area (Å²) in [6.45, 7) is 2.16. The Kier molecular flexibility index (Phi) is 4.76. The molecule has 1 aromatic rings. The zero-order chi connectivity index (χ0) is 13.9. The maximum Gasteiger partial charge on any atom is 0.137 e. The van der Waals surface area contributed by atoms with E-state index in [0.717, 1.165) is 32.4 Å². The summed E-state index contributed by atoms with van der Waals surface area (Å²) < 4.78 is 1.28. The number of rotatable bonds is 3. The first-order valence-corrected chi connectivity index (χ1v) is 8.83. The minimum absolute atomic E-state index is 0.319. The summed E-state index contributed by atoms with van der Waals surface area (Å²) in [7, 11) is 0. The van der Waals surface area contributed by atoms with E-state index >= 15 is 0 Å². The number of benzene rings is 1. The molecular formula is C17H22INO. The average Bonchev–Trinajstić information content (AvgIpc) is 2.88. The normalized spacial score (nSPS) is 27.9. The van der Waals surface area contributed by atoms with Crippen molar-refractivity contribution in [2.24, 2.45) is 5.92 Å². The average molecular weight is 383 g/mol. The molecule has 0 radical (unpaired) electrons. The molecule has 2 atom stereocenters. The van der Waals surface area contributed by atoms with Crippen LogP contribution < -0.4 is 0 Å². The summed E-state index contributed by atoms with van der Waals surface area (Å²) in [6.07, 6.45) is 6.82. The fourth-order valence-corrected chi connectivity index (χ4v) is 4.10. The van der Waals surface area contributed by atoms with Crippen LogP contribution in [0.2, 0.25) is 0 Å². The lowest BCUT2D eigenvalue weighted by molar-refractivity contribution is -0.123. The van der Waals surface area contributed by atoms with E-state index in [-0.39, 0.29) is 0 Å². The number of halogens is 1. The highest BCUT2D eigenvalue weighted by Crippen LogP contribution is 2.33. The van der Waals surface area contributed by atoms with Crippen molar-refractivity contribution in [2.45, 2.75) is 51.1 Å². The molecule has 2 fully saturated rings. The summed E-state index contributed by atoms with van der Waals surface area (Å²) in [5.41, 5.74) is 1.38. The van der Waals surface area contributed by atoms with E-state index in [0.29, 0.717) is 17.7 Å². The van der Waals surface area contributed by atoms with E-state index in [1.807, 2.05) is 0 Å². The maximum atomic E-state index is 12.1. The Morgan fingerprint density at radius 3 is 2.60 bits per heavy atom. The van der Waals surface area contributed by atoms with Crippen LogP contribution >= 0.6 is 22.6 Å². The number of hydrogen-bond acceptors (Lipinski definition) is 2. The fourth-order valence-electron chi connectivity index (χ4n) is 3.74. The van der Waals surface area contributed by atoms with Crippen molar-refractivity contribution in [3.63, 3.8) is 0 Å². The number of Topliss-reactive ketones (excluding diaryl/α,β-unsaturated/α-hetero) is 1. The van der Waals surface area contributed by atoms with Crippen LogP contribution in [-0.4, -0.2) is 23.3 Å². The molecule has 3 rings (SSSR count). The Morgan fingerprint density at radius 1 is 1.10 bits per heavy atom. The van der Waals surface area contributed by atoms with Crippen molar-refractivity contribution in [2.75, 3.05) is 6.54 Å². The smallest absolute Gasteiger partial charge is 0.137 e. The van der Waals surface area contributed by atoms with Gasteiger partial charge in [-0.2, -0.15) is 0 Å². The molecule has 0 N–H and O–H groups in total. The summed E-state index contributed by atoms with van der Waals surface area (Å²) in [5.74, 6) is 0.837. The highest BCUT2D eigenvalue weighted by Gasteiger charge is 2.36. The molecule has 1 aromatic carbocycles. The third kappa shape index (κ3) is 3.25. The second-order valence-corrected chi connectivity index (χ2v) is 7.37. The molecule has 1 heterocycles. The lowest BCUT2D eigenvalue weighted by Crippen LogP contribution is -2.44. The molecule has 0 amide bonds. The summed E-state index contributed by atoms with van der Waals surface area (Å²) in [5, 5.41) is 0. The third-order valence-electron chi connectivity index (χ3n) is 4.78. The second-order valence-electron chi connectivity index (χ2n) is 6.13. The van der Waals surface area contributed by atoms with Crippen molar-refractivity contribution in [1.29, 1.82) is 0 Å². The molecule has 3 heteroatoms. The zero-order valence-electron chi connectivity index (χ0n) is 11.9. The van der Waals surface area contributed by atoms with Gasteiger partial charge in [-0.3, -0.25) is 9.69 Å². The molecule has 2 aliphatic rings. The Morgan fingerprint density at radius 2 is 1.90 bits per heavy atom. The Balaban J connectivity index is 1.71. The van der Waals surface area contributed by atoms with Crippen molar-refractivity contribution in [1.82, 2.24) is 4.90 Å². The number of hydrogen-bond donors (Lipinski definition) is 0. The number of carbonyl (C=O) groups excluding carboxylic acids is 1. The van der Waals surface area contributed by atoms with E-state index < -0.39 is 0 Å². The number of ketones is 1. The number of likely N-dealkylation sites (tertiary alicyclic amines) is 1. The first-order valence-electron chi connectivity index (χ1n) is 7.75. The van der Waals surface area contributed by atoms with Gasteiger partial charge in [-0.05, 0) is 72.5 Å². The highest BCUT2D eigenvalue weighted by atomic mass is 127. The molecule has 1 aliphatic heterocycles. The van der Waals surface area contributed by atoms with Gasteiger partial charge in [-0.25, -0.2) is 0 Å². The van der Waals surface area contributed by atoms with Crippen LogP contribution in [0.1, 0.15) is 44.1 Å². The topological polar surface area (TPSA) is 20.3 Å². The Bertz CT molecular complexity index is 470. The number of carbonyl (C=O) groups is 1. The highest BCUT2D eigenvalue weighted by molar-refractivity contribution is 14.1. The third-order valence-corrected chi connectivity index (χ3v) is 5.50. The lowest BCUT2D eigenvalue weighted by atomic mass is 9.88. The molecule has 1 saturated heterocycles. The summed E-state index contributed by atoms with van der Waals surface area (Å²) in [6, 6.07) is 9.30. The van der Waals surface area contributed by atoms with Crippen molar-refractivity contribution >= 4 is 28.4 Å². The maximum absolute atomic E-state index is 12.1. The van der Waals surface area contributed by atoms with Crippen molar-refractivity contribution in [3.8, 4) is 0 Å². The van der Waals surface area contributed by atoms with Gasteiger partial charge in [0.1, 0.15) is 5.78 Å². The largest absolute Gasteiger partial charge is 0.299 e. The van der Waals surface area contributed by atoms with Crippen LogP contribution in [0.25, 0.3) is 0 Å². The lowest BCUT2D eigenvalue weighted by Gasteiger charge is -2.38. The molecule has 2 nitrogen and oxygen atoms in total. The first kappa shape index (κ1) is 14.5. The van der Waals surface area contributed by atoms with Crippen molar-refractivity contribution in [3.05, 3.63) is 33.4 Å². The molecule has 0 aromatic heterocycles. The summed E-state index contributed by atoms with van der Waals surface area (Å²) >= 11 is 2.35. The van der Waals surface area contributed by atoms with E-state index in [4.69, 9.17) is 0 Å². The van der Waals surface area contributed by atoms with Crippen LogP contribution in [0.3, 0.4) is 0 Å². The molecule has 0 spiro atoms. The predicted octanol–water partition coefficient (Wildman–Crippen LogP) is 4.01. The molecule has 2 unspecified atom stereocenters. The quantitative estimate of drug-likeness (QED) is 0.735. The molecular weight excluding hydrogens is 361 g/mol. The minimum Gasteiger partial charge on any atom is -0.299 e. The van der Waals surface area contributed by atoms with Gasteiger partial charge in [0.05, 0.1) is 0 Å². The SMILES string of the molecule is O=C1CCCC1C1CCCCN1Cc1ccc(I)cc1. The summed E-state index contributed by atoms with van der Waals surface area (Å²) in [4.78, 5) is 14.7. The number of nitrogens with zero attached hydrogens (tertiary/aromatic N) is 1. The van der Waals surface area contributed by atoms with Gasteiger partial charge in [-0.1, -0.05) is 18.6 Å². The van der Waals surface area contributed by atoms with Gasteiger partial charge >= 0.3 is 0 Å². The van der Waals surface area contributed by atoms with Crippen LogP contribution in [0.4, 0.5) is 0 Å². The Labute approximate surface area is 135 Å². The molecule has 0 bridgehead atoms. The van der Waals surface area contributed by atoms with E-state index in [9.17, 15) is 4.79 Å². The first-order chi connectivity index (χ1) is 9.74. The van der Waals surface area contributed by atoms with Crippen LogP contribution in [0.5, 0.6) is 0 Å². The molecule has 1 saturated carbocycles. The zero-order valence-corrected chi connectivity index (χ0v) is 14.0. The molecule has 1 aliphatic carbocycles. The van der Waals surface area contributed by atoms with Gasteiger partial charge in [0.2, 0.25) is 0 Å². The van der Waals surface area contributed by atoms with Gasteiger partial charge < -0.3 is 0 Å². The van der Waals surface area contributed by atoms with Crippen LogP contribution in [0.15, 0.2) is 24.3 Å². The molecule has 20 heavy (non-hydrogen) atoms. The molecule has 108 valence electrons. The monoisotopic (exact) mass is 383 g/mol. The predicted molar refractivity (Wildman–Crippen MR) is 89.6 cm³/mol. The van der Waals surface area contributed by atoms with E-state index in [1.165, 1.54) is 28.4 Å². The second kappa shape index (κ2) is 6.56. The van der Waals surface area contributed by atoms with Crippen LogP contribution in [0, 0.1) is 9.49 Å². The van der Waals surface area contributed by atoms with Gasteiger partial charge in [0, 0.05) is 28.5 Å². The van der Waals surface area contributed by atoms with E-state index in [2.05, 4.69) is 51.8 Å². The van der Waals surface area contributed by atoms with Crippen LogP contribution in [-0.2, 0) is 11.3 Å². The Hall–Kier alpha value is -0.420. The fraction of sp³-hybridized carbons (Fsp3) is 0.588. The standard InChI is InChI=1S/C17H22INO/c18-14-9-7-13(8-10-14)12-19-11-2-1-5-16(19)15-4-3-6-17(15)20/h7-10,15-16H,1-6,11-12H2. The van der Waals surface area contributed by atoms with Gasteiger partial charge in [0.25, 0.3) is 0 Å².